The van der Waals surface area contributed by atoms with Gasteiger partial charge in [0, 0.05) is 5.75 Å². The number of thioether (sulfide) groups is 3. The zero-order chi connectivity index (χ0) is 14.2. The van der Waals surface area contributed by atoms with Crippen molar-refractivity contribution in [1.29, 1.82) is 0 Å². The van der Waals surface area contributed by atoms with Crippen molar-refractivity contribution in [2.24, 2.45) is 0 Å². The van der Waals surface area contributed by atoms with Crippen LogP contribution in [0.2, 0.25) is 0 Å². The van der Waals surface area contributed by atoms with Gasteiger partial charge in [0.2, 0.25) is 5.91 Å². The normalized spacial score (nSPS) is 33.2. The van der Waals surface area contributed by atoms with E-state index in [9.17, 15) is 14.7 Å². The molecule has 2 fully saturated rings. The maximum atomic E-state index is 12.0. The summed E-state index contributed by atoms with van der Waals surface area (Å²) < 4.78 is 5.44. The Morgan fingerprint density at radius 2 is 2.32 bits per heavy atom. The summed E-state index contributed by atoms with van der Waals surface area (Å²) in [6.07, 6.45) is 2.33. The van der Waals surface area contributed by atoms with Crippen LogP contribution >= 0.6 is 35.3 Å². The fourth-order valence-electron chi connectivity index (χ4n) is 1.80. The minimum Gasteiger partial charge on any atom is -0.464 e. The number of amides is 1. The molecule has 19 heavy (non-hydrogen) atoms. The zero-order valence-corrected chi connectivity index (χ0v) is 13.3. The van der Waals surface area contributed by atoms with E-state index in [1.54, 1.807) is 6.92 Å². The standard InChI is InChI=1S/C11H15NO4S3/c1-11(15)5-18-10(19-11)8(9(14)16-2)12-6(13)4-7(12)17-3/h7,15H,4-5H2,1-3H3. The van der Waals surface area contributed by atoms with E-state index < -0.39 is 10.9 Å². The highest BCUT2D eigenvalue weighted by atomic mass is 32.2. The molecule has 0 aromatic carbocycles. The van der Waals surface area contributed by atoms with Crippen LogP contribution in [0, 0.1) is 0 Å². The number of hydrogen-bond acceptors (Lipinski definition) is 7. The molecular weight excluding hydrogens is 306 g/mol. The maximum Gasteiger partial charge on any atom is 0.356 e. The fraction of sp³-hybridized carbons (Fsp3) is 0.636. The largest absolute Gasteiger partial charge is 0.464 e. The highest BCUT2D eigenvalue weighted by molar-refractivity contribution is 8.26. The molecule has 2 aliphatic heterocycles. The van der Waals surface area contributed by atoms with Crippen LogP contribution in [0.15, 0.2) is 9.93 Å². The fourth-order valence-corrected chi connectivity index (χ4v) is 5.30. The van der Waals surface area contributed by atoms with Gasteiger partial charge in [-0.3, -0.25) is 9.69 Å². The van der Waals surface area contributed by atoms with E-state index in [4.69, 9.17) is 4.74 Å². The van der Waals surface area contributed by atoms with Crippen LogP contribution in [0.3, 0.4) is 0 Å². The molecule has 2 heterocycles. The lowest BCUT2D eigenvalue weighted by Crippen LogP contribution is -2.51. The zero-order valence-electron chi connectivity index (χ0n) is 10.8. The Hall–Kier alpha value is -0.310. The third-order valence-electron chi connectivity index (χ3n) is 2.77. The summed E-state index contributed by atoms with van der Waals surface area (Å²) in [5.74, 6) is -0.126. The van der Waals surface area contributed by atoms with Gasteiger partial charge in [0.15, 0.2) is 5.70 Å². The maximum absolute atomic E-state index is 12.0. The first-order chi connectivity index (χ1) is 8.89. The number of hydrogen-bond donors (Lipinski definition) is 1. The predicted molar refractivity (Wildman–Crippen MR) is 78.5 cm³/mol. The second kappa shape index (κ2) is 5.59. The number of ether oxygens (including phenoxy) is 1. The summed E-state index contributed by atoms with van der Waals surface area (Å²) in [6, 6.07) is 0. The van der Waals surface area contributed by atoms with Gasteiger partial charge >= 0.3 is 5.97 Å². The van der Waals surface area contributed by atoms with Gasteiger partial charge in [-0.15, -0.1) is 23.5 Å². The Balaban J connectivity index is 2.35. The van der Waals surface area contributed by atoms with Crippen LogP contribution in [0.1, 0.15) is 13.3 Å². The molecule has 106 valence electrons. The smallest absolute Gasteiger partial charge is 0.356 e. The minimum atomic E-state index is -0.915. The van der Waals surface area contributed by atoms with Crippen molar-refractivity contribution in [3.8, 4) is 0 Å². The van der Waals surface area contributed by atoms with Crippen molar-refractivity contribution < 1.29 is 19.4 Å². The van der Waals surface area contributed by atoms with Crippen molar-refractivity contribution in [2.75, 3.05) is 19.1 Å². The second-order valence-electron chi connectivity index (χ2n) is 4.35. The number of rotatable bonds is 3. The van der Waals surface area contributed by atoms with Crippen LogP contribution in [0.25, 0.3) is 0 Å². The number of likely N-dealkylation sites (tertiary alicyclic amines) is 1. The summed E-state index contributed by atoms with van der Waals surface area (Å²) in [5, 5.41) is 9.95. The molecule has 0 aliphatic carbocycles. The summed E-state index contributed by atoms with van der Waals surface area (Å²) in [5.41, 5.74) is 0.269. The number of nitrogens with zero attached hydrogens (tertiary/aromatic N) is 1. The van der Waals surface area contributed by atoms with Crippen LogP contribution in [-0.4, -0.2) is 51.3 Å². The average molecular weight is 321 g/mol. The van der Waals surface area contributed by atoms with Crippen LogP contribution in [0.4, 0.5) is 0 Å². The topological polar surface area (TPSA) is 66.8 Å². The summed E-state index contributed by atoms with van der Waals surface area (Å²) in [4.78, 5) is 24.3. The number of aliphatic hydroxyl groups is 1. The van der Waals surface area contributed by atoms with Crippen molar-refractivity contribution in [3.05, 3.63) is 9.93 Å². The highest BCUT2D eigenvalue weighted by Gasteiger charge is 2.45. The van der Waals surface area contributed by atoms with Crippen LogP contribution < -0.4 is 0 Å². The van der Waals surface area contributed by atoms with Crippen LogP contribution in [0.5, 0.6) is 0 Å². The first kappa shape index (κ1) is 15.1. The lowest BCUT2D eigenvalue weighted by atomic mass is 10.2. The molecule has 0 aromatic rings. The van der Waals surface area contributed by atoms with Crippen molar-refractivity contribution in [1.82, 2.24) is 4.90 Å². The number of esters is 1. The van der Waals surface area contributed by atoms with E-state index in [1.807, 2.05) is 6.26 Å². The van der Waals surface area contributed by atoms with Crippen molar-refractivity contribution in [2.45, 2.75) is 23.7 Å². The molecule has 5 nitrogen and oxygen atoms in total. The van der Waals surface area contributed by atoms with Gasteiger partial charge in [-0.2, -0.15) is 0 Å². The van der Waals surface area contributed by atoms with Gasteiger partial charge in [0.05, 0.1) is 23.1 Å². The third kappa shape index (κ3) is 2.91. The molecule has 2 atom stereocenters. The number of methoxy groups -OCH3 is 1. The molecule has 8 heteroatoms. The Morgan fingerprint density at radius 1 is 1.63 bits per heavy atom. The molecule has 1 N–H and O–H groups in total. The molecule has 2 unspecified atom stereocenters. The molecule has 0 radical (unpaired) electrons. The first-order valence-corrected chi connectivity index (χ1v) is 8.70. The average Bonchev–Trinajstić information content (AvgIpc) is 2.71. The van der Waals surface area contributed by atoms with Crippen molar-refractivity contribution in [3.63, 3.8) is 0 Å². The molecule has 0 spiro atoms. The number of carbonyl (C=O) groups excluding carboxylic acids is 2. The Kier molecular flexibility index (Phi) is 4.44. The van der Waals surface area contributed by atoms with Gasteiger partial charge in [-0.25, -0.2) is 4.79 Å². The molecular formula is C11H15NO4S3. The summed E-state index contributed by atoms with van der Waals surface area (Å²) in [7, 11) is 1.30. The lowest BCUT2D eigenvalue weighted by Gasteiger charge is -2.40. The number of carbonyl (C=O) groups is 2. The molecule has 0 aromatic heterocycles. The van der Waals surface area contributed by atoms with Gasteiger partial charge in [0.25, 0.3) is 0 Å². The van der Waals surface area contributed by atoms with Crippen LogP contribution in [-0.2, 0) is 14.3 Å². The monoisotopic (exact) mass is 321 g/mol. The van der Waals surface area contributed by atoms with Crippen molar-refractivity contribution >= 4 is 47.2 Å². The van der Waals surface area contributed by atoms with E-state index in [0.717, 1.165) is 0 Å². The quantitative estimate of drug-likeness (QED) is 0.479. The third-order valence-corrected chi connectivity index (χ3v) is 6.61. The Morgan fingerprint density at radius 3 is 2.74 bits per heavy atom. The van der Waals surface area contributed by atoms with E-state index in [-0.39, 0.29) is 17.0 Å². The van der Waals surface area contributed by atoms with E-state index in [2.05, 4.69) is 0 Å². The predicted octanol–water partition coefficient (Wildman–Crippen LogP) is 1.44. The second-order valence-corrected chi connectivity index (χ2v) is 8.10. The van der Waals surface area contributed by atoms with E-state index in [0.29, 0.717) is 16.4 Å². The Labute approximate surface area is 124 Å². The molecule has 2 saturated heterocycles. The number of β-lactam (4-membered cyclic amide) rings is 1. The lowest BCUT2D eigenvalue weighted by molar-refractivity contribution is -0.147. The molecule has 0 saturated carbocycles. The molecule has 2 rings (SSSR count). The Bertz CT molecular complexity index is 449. The SMILES string of the molecule is COC(=O)C(=C1SCC(C)(O)S1)N1C(=O)CC1SC. The summed E-state index contributed by atoms with van der Waals surface area (Å²) >= 11 is 4.11. The molecule has 2 aliphatic rings. The van der Waals surface area contributed by atoms with E-state index in [1.165, 1.54) is 47.3 Å². The molecule has 0 bridgehead atoms. The van der Waals surface area contributed by atoms with Gasteiger partial charge in [0.1, 0.15) is 4.93 Å². The first-order valence-electron chi connectivity index (χ1n) is 5.61. The summed E-state index contributed by atoms with van der Waals surface area (Å²) in [6.45, 7) is 1.69. The molecule has 1 amide bonds. The highest BCUT2D eigenvalue weighted by Crippen LogP contribution is 2.50. The van der Waals surface area contributed by atoms with E-state index >= 15 is 0 Å². The van der Waals surface area contributed by atoms with Gasteiger partial charge in [-0.1, -0.05) is 11.8 Å². The van der Waals surface area contributed by atoms with Gasteiger partial charge < -0.3 is 9.84 Å². The minimum absolute atomic E-state index is 0.0270. The van der Waals surface area contributed by atoms with Gasteiger partial charge in [-0.05, 0) is 13.2 Å².